The summed E-state index contributed by atoms with van der Waals surface area (Å²) in [7, 11) is 1.88. The van der Waals surface area contributed by atoms with Gasteiger partial charge in [-0.3, -0.25) is 19.4 Å². The second kappa shape index (κ2) is 5.77. The van der Waals surface area contributed by atoms with Gasteiger partial charge in [0, 0.05) is 45.6 Å². The number of carbonyl (C=O) groups excluding carboxylic acids is 1. The lowest BCUT2D eigenvalue weighted by Crippen LogP contribution is -2.45. The Hall–Kier alpha value is -2.21. The van der Waals surface area contributed by atoms with E-state index in [0.29, 0.717) is 5.92 Å². The third kappa shape index (κ3) is 2.74. The van der Waals surface area contributed by atoms with Gasteiger partial charge in [0.1, 0.15) is 0 Å². The minimum Gasteiger partial charge on any atom is -0.309 e. The number of nitrogens with zero attached hydrogens (tertiary/aromatic N) is 5. The van der Waals surface area contributed by atoms with Crippen LogP contribution < -0.4 is 4.90 Å². The Balaban J connectivity index is 1.46. The fraction of sp³-hybridized carbons (Fsp3) is 0.471. The molecule has 6 heteroatoms. The topological polar surface area (TPSA) is 54.3 Å². The van der Waals surface area contributed by atoms with Crippen LogP contribution in [0.3, 0.4) is 0 Å². The van der Waals surface area contributed by atoms with Crippen molar-refractivity contribution in [3.8, 4) is 0 Å². The van der Waals surface area contributed by atoms with E-state index in [1.54, 1.807) is 10.9 Å². The number of aromatic nitrogens is 3. The van der Waals surface area contributed by atoms with Crippen molar-refractivity contribution in [1.29, 1.82) is 0 Å². The average Bonchev–Trinajstić information content (AvgIpc) is 3.15. The van der Waals surface area contributed by atoms with Gasteiger partial charge in [-0.15, -0.1) is 0 Å². The molecule has 4 heterocycles. The van der Waals surface area contributed by atoms with E-state index in [2.05, 4.69) is 15.0 Å². The van der Waals surface area contributed by atoms with E-state index in [1.165, 1.54) is 0 Å². The van der Waals surface area contributed by atoms with Crippen LogP contribution in [0.25, 0.3) is 0 Å². The molecule has 120 valence electrons. The summed E-state index contributed by atoms with van der Waals surface area (Å²) >= 11 is 0. The van der Waals surface area contributed by atoms with Gasteiger partial charge in [0.25, 0.3) is 0 Å². The van der Waals surface area contributed by atoms with Crippen LogP contribution >= 0.6 is 0 Å². The van der Waals surface area contributed by atoms with Crippen molar-refractivity contribution in [1.82, 2.24) is 19.7 Å². The van der Waals surface area contributed by atoms with Crippen molar-refractivity contribution >= 4 is 11.6 Å². The van der Waals surface area contributed by atoms with Crippen LogP contribution in [0.4, 0.5) is 5.69 Å². The molecule has 0 N–H and O–H groups in total. The Labute approximate surface area is 135 Å². The summed E-state index contributed by atoms with van der Waals surface area (Å²) in [6, 6.07) is 6.00. The van der Waals surface area contributed by atoms with E-state index in [1.807, 2.05) is 42.5 Å². The normalized spacial score (nSPS) is 24.9. The molecule has 2 fully saturated rings. The molecule has 23 heavy (non-hydrogen) atoms. The summed E-state index contributed by atoms with van der Waals surface area (Å²) < 4.78 is 1.75. The van der Waals surface area contributed by atoms with Crippen molar-refractivity contribution in [2.75, 3.05) is 24.5 Å². The molecule has 2 aromatic heterocycles. The second-order valence-electron chi connectivity index (χ2n) is 6.53. The molecule has 6 nitrogen and oxygen atoms in total. The van der Waals surface area contributed by atoms with Crippen LogP contribution in [0, 0.1) is 11.8 Å². The number of carbonyl (C=O) groups is 1. The first kappa shape index (κ1) is 14.4. The van der Waals surface area contributed by atoms with E-state index in [0.717, 1.165) is 44.0 Å². The molecule has 0 unspecified atom stereocenters. The van der Waals surface area contributed by atoms with Crippen molar-refractivity contribution in [3.63, 3.8) is 0 Å². The highest BCUT2D eigenvalue weighted by Gasteiger charge is 2.43. The van der Waals surface area contributed by atoms with Crippen LogP contribution in [-0.2, 0) is 18.4 Å². The van der Waals surface area contributed by atoms with Gasteiger partial charge in [-0.1, -0.05) is 6.07 Å². The summed E-state index contributed by atoms with van der Waals surface area (Å²) in [6.07, 6.45) is 6.58. The third-order valence-electron chi connectivity index (χ3n) is 4.94. The molecule has 0 radical (unpaired) electrons. The minimum absolute atomic E-state index is 0.104. The van der Waals surface area contributed by atoms with Gasteiger partial charge in [-0.05, 0) is 24.5 Å². The van der Waals surface area contributed by atoms with Gasteiger partial charge >= 0.3 is 0 Å². The highest BCUT2D eigenvalue weighted by Crippen LogP contribution is 2.34. The van der Waals surface area contributed by atoms with Crippen LogP contribution in [0.2, 0.25) is 0 Å². The molecule has 0 spiro atoms. The maximum Gasteiger partial charge on any atom is 0.231 e. The predicted octanol–water partition coefficient (Wildman–Crippen LogP) is 1.30. The largest absolute Gasteiger partial charge is 0.309 e. The molecule has 0 aliphatic carbocycles. The Morgan fingerprint density at radius 3 is 2.96 bits per heavy atom. The molecule has 0 bridgehead atoms. The lowest BCUT2D eigenvalue weighted by molar-refractivity contribution is -0.124. The number of anilines is 1. The molecule has 2 aromatic rings. The maximum absolute atomic E-state index is 12.9. The Morgan fingerprint density at radius 1 is 1.30 bits per heavy atom. The van der Waals surface area contributed by atoms with Crippen LogP contribution in [0.1, 0.15) is 12.1 Å². The summed E-state index contributed by atoms with van der Waals surface area (Å²) in [6.45, 7) is 3.45. The molecule has 2 atom stereocenters. The number of likely N-dealkylation sites (tertiary alicyclic amines) is 1. The fourth-order valence-corrected chi connectivity index (χ4v) is 3.79. The quantitative estimate of drug-likeness (QED) is 0.857. The van der Waals surface area contributed by atoms with E-state index >= 15 is 0 Å². The summed E-state index contributed by atoms with van der Waals surface area (Å²) in [4.78, 5) is 21.5. The lowest BCUT2D eigenvalue weighted by Gasteiger charge is -2.32. The third-order valence-corrected chi connectivity index (χ3v) is 4.94. The zero-order chi connectivity index (χ0) is 15.8. The van der Waals surface area contributed by atoms with Crippen molar-refractivity contribution in [3.05, 3.63) is 42.5 Å². The maximum atomic E-state index is 12.9. The van der Waals surface area contributed by atoms with Crippen LogP contribution in [0.5, 0.6) is 0 Å². The summed E-state index contributed by atoms with van der Waals surface area (Å²) in [5, 5.41) is 4.19. The van der Waals surface area contributed by atoms with Gasteiger partial charge in [-0.25, -0.2) is 0 Å². The number of piperidine rings is 1. The molecule has 0 saturated carbocycles. The highest BCUT2D eigenvalue weighted by atomic mass is 16.2. The van der Waals surface area contributed by atoms with Crippen molar-refractivity contribution in [2.24, 2.45) is 18.9 Å². The van der Waals surface area contributed by atoms with Gasteiger partial charge in [0.05, 0.1) is 23.5 Å². The minimum atomic E-state index is 0.104. The SMILES string of the molecule is Cn1cc(N2CC[C@@H]3CN(Cc4ccccn4)C[C@@H]3C2=O)cn1. The van der Waals surface area contributed by atoms with Gasteiger partial charge in [-0.2, -0.15) is 5.10 Å². The smallest absolute Gasteiger partial charge is 0.231 e. The van der Waals surface area contributed by atoms with Gasteiger partial charge in [0.2, 0.25) is 5.91 Å². The summed E-state index contributed by atoms with van der Waals surface area (Å²) in [5.74, 6) is 0.824. The molecular formula is C17H21N5O. The Bertz CT molecular complexity index is 698. The number of pyridine rings is 1. The molecule has 4 rings (SSSR count). The first-order valence-electron chi connectivity index (χ1n) is 8.13. The molecule has 1 amide bonds. The van der Waals surface area contributed by atoms with Crippen molar-refractivity contribution in [2.45, 2.75) is 13.0 Å². The van der Waals surface area contributed by atoms with E-state index in [4.69, 9.17) is 0 Å². The Morgan fingerprint density at radius 2 is 2.22 bits per heavy atom. The number of aryl methyl sites for hydroxylation is 1. The standard InChI is InChI=1S/C17H21N5O/c1-20-11-15(8-19-20)22-7-5-13-9-21(12-16(13)17(22)23)10-14-4-2-3-6-18-14/h2-4,6,8,11,13,16H,5,7,9-10,12H2,1H3/t13-,16+/m1/s1. The lowest BCUT2D eigenvalue weighted by atomic mass is 9.88. The fourth-order valence-electron chi connectivity index (χ4n) is 3.79. The molecule has 2 saturated heterocycles. The number of fused-ring (bicyclic) bond motifs is 1. The average molecular weight is 311 g/mol. The van der Waals surface area contributed by atoms with Crippen molar-refractivity contribution < 1.29 is 4.79 Å². The van der Waals surface area contributed by atoms with E-state index < -0.39 is 0 Å². The highest BCUT2D eigenvalue weighted by molar-refractivity contribution is 5.96. The summed E-state index contributed by atoms with van der Waals surface area (Å²) in [5.41, 5.74) is 1.99. The van der Waals surface area contributed by atoms with Gasteiger partial charge in [0.15, 0.2) is 0 Å². The van der Waals surface area contributed by atoms with Crippen LogP contribution in [-0.4, -0.2) is 45.2 Å². The van der Waals surface area contributed by atoms with E-state index in [-0.39, 0.29) is 11.8 Å². The second-order valence-corrected chi connectivity index (χ2v) is 6.53. The first-order chi connectivity index (χ1) is 11.2. The monoisotopic (exact) mass is 311 g/mol. The number of rotatable bonds is 3. The molecular weight excluding hydrogens is 290 g/mol. The number of hydrogen-bond acceptors (Lipinski definition) is 4. The predicted molar refractivity (Wildman–Crippen MR) is 86.7 cm³/mol. The Kier molecular flexibility index (Phi) is 3.61. The zero-order valence-corrected chi connectivity index (χ0v) is 13.3. The number of amides is 1. The molecule has 2 aliphatic rings. The zero-order valence-electron chi connectivity index (χ0n) is 13.3. The van der Waals surface area contributed by atoms with E-state index in [9.17, 15) is 4.79 Å². The molecule has 0 aromatic carbocycles. The van der Waals surface area contributed by atoms with Crippen LogP contribution in [0.15, 0.2) is 36.8 Å². The van der Waals surface area contributed by atoms with Gasteiger partial charge < -0.3 is 4.90 Å². The first-order valence-corrected chi connectivity index (χ1v) is 8.13. The number of hydrogen-bond donors (Lipinski definition) is 0. The molecule has 2 aliphatic heterocycles.